The molecular formula is C22H36IN5O2. The maximum Gasteiger partial charge on any atom is 0.243 e. The second-order valence-electron chi connectivity index (χ2n) is 8.13. The van der Waals surface area contributed by atoms with Gasteiger partial charge in [0, 0.05) is 39.1 Å². The van der Waals surface area contributed by atoms with Crippen LogP contribution in [0, 0.1) is 5.92 Å². The van der Waals surface area contributed by atoms with Crippen LogP contribution in [0.1, 0.15) is 45.2 Å². The second-order valence-corrected chi connectivity index (χ2v) is 8.13. The topological polar surface area (TPSA) is 77.0 Å². The predicted octanol–water partition coefficient (Wildman–Crippen LogP) is 2.64. The van der Waals surface area contributed by atoms with Crippen molar-refractivity contribution in [1.29, 1.82) is 0 Å². The number of likely N-dealkylation sites (tertiary alicyclic amines) is 1. The highest BCUT2D eigenvalue weighted by molar-refractivity contribution is 14.0. The molecule has 0 aromatic heterocycles. The van der Waals surface area contributed by atoms with Crippen molar-refractivity contribution in [2.45, 2.75) is 45.7 Å². The molecule has 0 saturated carbocycles. The number of nitrogens with zero attached hydrogens (tertiary/aromatic N) is 3. The van der Waals surface area contributed by atoms with Crippen LogP contribution in [0.5, 0.6) is 0 Å². The molecule has 1 heterocycles. The molecule has 0 radical (unpaired) electrons. The van der Waals surface area contributed by atoms with E-state index in [-0.39, 0.29) is 60.3 Å². The van der Waals surface area contributed by atoms with E-state index in [2.05, 4.69) is 34.7 Å². The van der Waals surface area contributed by atoms with E-state index >= 15 is 0 Å². The lowest BCUT2D eigenvalue weighted by Crippen LogP contribution is -2.51. The normalized spacial score (nSPS) is 15.9. The summed E-state index contributed by atoms with van der Waals surface area (Å²) in [5.41, 5.74) is 1.15. The first-order valence-electron chi connectivity index (χ1n) is 10.4. The van der Waals surface area contributed by atoms with Gasteiger partial charge in [-0.25, -0.2) is 4.99 Å². The molecule has 2 amide bonds. The van der Waals surface area contributed by atoms with Crippen molar-refractivity contribution >= 4 is 41.8 Å². The van der Waals surface area contributed by atoms with E-state index in [1.807, 2.05) is 36.9 Å². The minimum Gasteiger partial charge on any atom is -0.354 e. The molecule has 1 saturated heterocycles. The fourth-order valence-corrected chi connectivity index (χ4v) is 3.25. The van der Waals surface area contributed by atoms with Crippen molar-refractivity contribution in [3.63, 3.8) is 0 Å². The van der Waals surface area contributed by atoms with Gasteiger partial charge in [-0.15, -0.1) is 24.0 Å². The minimum atomic E-state index is -0.0455. The van der Waals surface area contributed by atoms with Gasteiger partial charge >= 0.3 is 0 Å². The van der Waals surface area contributed by atoms with Gasteiger partial charge in [-0.2, -0.15) is 0 Å². The molecule has 30 heavy (non-hydrogen) atoms. The third kappa shape index (κ3) is 8.12. The number of hydrogen-bond acceptors (Lipinski definition) is 3. The number of carbonyl (C=O) groups excluding carboxylic acids is 2. The molecule has 1 fully saturated rings. The van der Waals surface area contributed by atoms with Crippen LogP contribution in [0.15, 0.2) is 35.3 Å². The molecule has 168 valence electrons. The smallest absolute Gasteiger partial charge is 0.243 e. The van der Waals surface area contributed by atoms with E-state index in [1.165, 1.54) is 4.90 Å². The van der Waals surface area contributed by atoms with Crippen molar-refractivity contribution in [2.75, 3.05) is 33.7 Å². The summed E-state index contributed by atoms with van der Waals surface area (Å²) in [7, 11) is 3.46. The lowest BCUT2D eigenvalue weighted by Gasteiger charge is -2.34. The Labute approximate surface area is 197 Å². The van der Waals surface area contributed by atoms with Gasteiger partial charge in [-0.05, 0) is 25.3 Å². The van der Waals surface area contributed by atoms with Crippen molar-refractivity contribution < 1.29 is 9.59 Å². The molecule has 1 aliphatic heterocycles. The zero-order valence-electron chi connectivity index (χ0n) is 18.7. The van der Waals surface area contributed by atoms with E-state index in [0.717, 1.165) is 31.5 Å². The first-order chi connectivity index (χ1) is 13.8. The monoisotopic (exact) mass is 529 g/mol. The highest BCUT2D eigenvalue weighted by atomic mass is 127. The fraction of sp³-hybridized carbons (Fsp3) is 0.591. The number of aliphatic imine (C=N–C) groups is 1. The van der Waals surface area contributed by atoms with Gasteiger partial charge in [0.15, 0.2) is 5.96 Å². The third-order valence-electron chi connectivity index (χ3n) is 5.17. The summed E-state index contributed by atoms with van der Waals surface area (Å²) in [6.45, 7) is 7.53. The standard InChI is InChI=1S/C22H35N5O2.HI/c1-16(2)21(29)27-13-11-19(12-14-27)25-22(23-15-20(28)26(4)5)24-17(3)18-9-7-6-8-10-18;/h6-10,16-17,19H,11-15H2,1-5H3,(H2,23,24,25);1H. The van der Waals surface area contributed by atoms with Crippen LogP contribution in [-0.2, 0) is 9.59 Å². The molecule has 8 heteroatoms. The van der Waals surface area contributed by atoms with Crippen LogP contribution in [0.25, 0.3) is 0 Å². The summed E-state index contributed by atoms with van der Waals surface area (Å²) >= 11 is 0. The molecule has 1 atom stereocenters. The Kier molecular flexibility index (Phi) is 11.1. The molecule has 1 aliphatic rings. The van der Waals surface area contributed by atoms with Gasteiger partial charge in [0.25, 0.3) is 0 Å². The lowest BCUT2D eigenvalue weighted by atomic mass is 10.0. The highest BCUT2D eigenvalue weighted by Gasteiger charge is 2.25. The predicted molar refractivity (Wildman–Crippen MR) is 132 cm³/mol. The zero-order chi connectivity index (χ0) is 21.4. The number of carbonyl (C=O) groups is 2. The van der Waals surface area contributed by atoms with Gasteiger partial charge in [0.05, 0.1) is 6.04 Å². The average molecular weight is 529 g/mol. The van der Waals surface area contributed by atoms with Gasteiger partial charge in [0.1, 0.15) is 6.54 Å². The van der Waals surface area contributed by atoms with E-state index in [0.29, 0.717) is 5.96 Å². The number of piperidine rings is 1. The van der Waals surface area contributed by atoms with Crippen LogP contribution in [-0.4, -0.2) is 67.3 Å². The van der Waals surface area contributed by atoms with Crippen molar-refractivity contribution in [1.82, 2.24) is 20.4 Å². The minimum absolute atomic E-state index is 0. The Morgan fingerprint density at radius 2 is 1.73 bits per heavy atom. The Balaban J connectivity index is 0.00000450. The number of hydrogen-bond donors (Lipinski definition) is 2. The maximum absolute atomic E-state index is 12.2. The third-order valence-corrected chi connectivity index (χ3v) is 5.17. The summed E-state index contributed by atoms with van der Waals surface area (Å²) in [6, 6.07) is 10.4. The molecular weight excluding hydrogens is 493 g/mol. The molecule has 1 aromatic rings. The molecule has 7 nitrogen and oxygen atoms in total. The Morgan fingerprint density at radius 1 is 1.13 bits per heavy atom. The van der Waals surface area contributed by atoms with Crippen LogP contribution in [0.4, 0.5) is 0 Å². The molecule has 1 unspecified atom stereocenters. The maximum atomic E-state index is 12.2. The molecule has 0 aliphatic carbocycles. The lowest BCUT2D eigenvalue weighted by molar-refractivity contribution is -0.135. The van der Waals surface area contributed by atoms with E-state index in [9.17, 15) is 9.59 Å². The molecule has 1 aromatic carbocycles. The van der Waals surface area contributed by atoms with Gasteiger partial charge in [-0.1, -0.05) is 44.2 Å². The number of rotatable bonds is 6. The number of likely N-dealkylation sites (N-methyl/N-ethyl adjacent to an activating group) is 1. The molecule has 2 rings (SSSR count). The average Bonchev–Trinajstić information content (AvgIpc) is 2.72. The van der Waals surface area contributed by atoms with Crippen LogP contribution in [0.2, 0.25) is 0 Å². The molecule has 0 bridgehead atoms. The number of benzene rings is 1. The van der Waals surface area contributed by atoms with E-state index in [1.54, 1.807) is 14.1 Å². The number of amides is 2. The van der Waals surface area contributed by atoms with E-state index in [4.69, 9.17) is 0 Å². The zero-order valence-corrected chi connectivity index (χ0v) is 21.1. The largest absolute Gasteiger partial charge is 0.354 e. The van der Waals surface area contributed by atoms with Gasteiger partial charge < -0.3 is 20.4 Å². The van der Waals surface area contributed by atoms with Crippen LogP contribution >= 0.6 is 24.0 Å². The van der Waals surface area contributed by atoms with Crippen molar-refractivity contribution in [3.8, 4) is 0 Å². The number of halogens is 1. The summed E-state index contributed by atoms with van der Waals surface area (Å²) in [4.78, 5) is 32.2. The quantitative estimate of drug-likeness (QED) is 0.338. The summed E-state index contributed by atoms with van der Waals surface area (Å²) in [5, 5.41) is 6.88. The summed E-state index contributed by atoms with van der Waals surface area (Å²) in [5.74, 6) is 0.827. The molecule has 0 spiro atoms. The summed E-state index contributed by atoms with van der Waals surface area (Å²) < 4.78 is 0. The first-order valence-corrected chi connectivity index (χ1v) is 10.4. The first kappa shape index (κ1) is 26.2. The number of nitrogens with one attached hydrogen (secondary N) is 2. The van der Waals surface area contributed by atoms with Crippen LogP contribution in [0.3, 0.4) is 0 Å². The fourth-order valence-electron chi connectivity index (χ4n) is 3.25. The Morgan fingerprint density at radius 3 is 2.27 bits per heavy atom. The van der Waals surface area contributed by atoms with Gasteiger partial charge in [-0.3, -0.25) is 9.59 Å². The van der Waals surface area contributed by atoms with Gasteiger partial charge in [0.2, 0.25) is 11.8 Å². The van der Waals surface area contributed by atoms with Crippen molar-refractivity contribution in [2.24, 2.45) is 10.9 Å². The number of guanidine groups is 1. The van der Waals surface area contributed by atoms with Crippen LogP contribution < -0.4 is 10.6 Å². The SMILES string of the molecule is CC(C)C(=O)N1CCC(NC(=NCC(=O)N(C)C)NC(C)c2ccccc2)CC1.I. The highest BCUT2D eigenvalue weighted by Crippen LogP contribution is 2.14. The van der Waals surface area contributed by atoms with E-state index < -0.39 is 0 Å². The Bertz CT molecular complexity index is 701. The Hall–Kier alpha value is -1.84. The summed E-state index contributed by atoms with van der Waals surface area (Å²) in [6.07, 6.45) is 1.72. The molecule has 2 N–H and O–H groups in total. The van der Waals surface area contributed by atoms with Crippen molar-refractivity contribution in [3.05, 3.63) is 35.9 Å². The second kappa shape index (κ2) is 12.8.